The SMILES string of the molecule is CC(=O)CC(C)=O.CC(=O)CC(C)=O.[Pt+2]. The van der Waals surface area contributed by atoms with E-state index in [-0.39, 0.29) is 57.0 Å². The van der Waals surface area contributed by atoms with Crippen LogP contribution in [-0.2, 0) is 40.2 Å². The van der Waals surface area contributed by atoms with Crippen molar-refractivity contribution in [2.75, 3.05) is 0 Å². The van der Waals surface area contributed by atoms with Gasteiger partial charge in [-0.2, -0.15) is 0 Å². The predicted octanol–water partition coefficient (Wildman–Crippen LogP) is 1.11. The molecule has 0 bridgehead atoms. The summed E-state index contributed by atoms with van der Waals surface area (Å²) in [6.07, 6.45) is 0.167. The summed E-state index contributed by atoms with van der Waals surface area (Å²) in [5, 5.41) is 0. The van der Waals surface area contributed by atoms with E-state index in [1.807, 2.05) is 0 Å². The topological polar surface area (TPSA) is 68.3 Å². The Labute approximate surface area is 104 Å². The van der Waals surface area contributed by atoms with E-state index >= 15 is 0 Å². The third-order valence-corrected chi connectivity index (χ3v) is 0.996. The first-order valence-electron chi connectivity index (χ1n) is 4.23. The van der Waals surface area contributed by atoms with E-state index in [2.05, 4.69) is 0 Å². The zero-order valence-corrected chi connectivity index (χ0v) is 11.6. The average Bonchev–Trinajstić information content (AvgIpc) is 1.79. The molecule has 0 aromatic heterocycles. The fourth-order valence-electron chi connectivity index (χ4n) is 0.701. The molecular formula is C10H16O4Pt+2. The van der Waals surface area contributed by atoms with E-state index < -0.39 is 0 Å². The summed E-state index contributed by atoms with van der Waals surface area (Å²) in [5.41, 5.74) is 0. The molecule has 0 aromatic carbocycles. The quantitative estimate of drug-likeness (QED) is 0.669. The molecule has 0 unspecified atom stereocenters. The van der Waals surface area contributed by atoms with Crippen molar-refractivity contribution in [3.8, 4) is 0 Å². The van der Waals surface area contributed by atoms with Crippen LogP contribution in [0.25, 0.3) is 0 Å². The van der Waals surface area contributed by atoms with Gasteiger partial charge in [0.25, 0.3) is 0 Å². The molecule has 0 saturated carbocycles. The van der Waals surface area contributed by atoms with Gasteiger partial charge in [0.15, 0.2) is 0 Å². The van der Waals surface area contributed by atoms with E-state index in [9.17, 15) is 19.2 Å². The smallest absolute Gasteiger partial charge is 0.300 e. The fourth-order valence-corrected chi connectivity index (χ4v) is 0.701. The molecule has 0 rings (SSSR count). The van der Waals surface area contributed by atoms with Crippen LogP contribution >= 0.6 is 0 Å². The summed E-state index contributed by atoms with van der Waals surface area (Å²) < 4.78 is 0. The Morgan fingerprint density at radius 2 is 0.733 bits per heavy atom. The minimum absolute atomic E-state index is 0. The van der Waals surface area contributed by atoms with Crippen LogP contribution < -0.4 is 0 Å². The second kappa shape index (κ2) is 11.4. The Balaban J connectivity index is -0.000000180. The third-order valence-electron chi connectivity index (χ3n) is 0.996. The Morgan fingerprint density at radius 3 is 0.733 bits per heavy atom. The number of hydrogen-bond acceptors (Lipinski definition) is 4. The maximum atomic E-state index is 10.0. The molecule has 0 heterocycles. The first-order valence-corrected chi connectivity index (χ1v) is 4.23. The molecule has 0 spiro atoms. The van der Waals surface area contributed by atoms with E-state index in [0.717, 1.165) is 0 Å². The van der Waals surface area contributed by atoms with E-state index in [0.29, 0.717) is 0 Å². The van der Waals surface area contributed by atoms with Gasteiger partial charge in [-0.3, -0.25) is 19.2 Å². The monoisotopic (exact) mass is 395 g/mol. The molecule has 4 nitrogen and oxygen atoms in total. The van der Waals surface area contributed by atoms with Gasteiger partial charge in [-0.1, -0.05) is 0 Å². The Kier molecular flexibility index (Phi) is 15.2. The second-order valence-corrected chi connectivity index (χ2v) is 3.16. The fraction of sp³-hybridized carbons (Fsp3) is 0.600. The normalized spacial score (nSPS) is 7.73. The van der Waals surface area contributed by atoms with Crippen molar-refractivity contribution < 1.29 is 40.2 Å². The van der Waals surface area contributed by atoms with Crippen molar-refractivity contribution in [1.82, 2.24) is 0 Å². The Morgan fingerprint density at radius 1 is 0.600 bits per heavy atom. The van der Waals surface area contributed by atoms with E-state index in [4.69, 9.17) is 0 Å². The van der Waals surface area contributed by atoms with Crippen LogP contribution in [0.5, 0.6) is 0 Å². The van der Waals surface area contributed by atoms with Gasteiger partial charge in [-0.15, -0.1) is 0 Å². The Hall–Kier alpha value is -0.632. The molecule has 0 amide bonds. The van der Waals surface area contributed by atoms with Crippen molar-refractivity contribution in [3.63, 3.8) is 0 Å². The van der Waals surface area contributed by atoms with Crippen molar-refractivity contribution in [3.05, 3.63) is 0 Å². The van der Waals surface area contributed by atoms with Crippen LogP contribution in [0.3, 0.4) is 0 Å². The average molecular weight is 395 g/mol. The summed E-state index contributed by atoms with van der Waals surface area (Å²) in [6.45, 7) is 5.62. The van der Waals surface area contributed by atoms with Crippen molar-refractivity contribution >= 4 is 23.1 Å². The van der Waals surface area contributed by atoms with Crippen LogP contribution in [0.4, 0.5) is 0 Å². The number of ketones is 4. The van der Waals surface area contributed by atoms with Crippen LogP contribution in [0.15, 0.2) is 0 Å². The van der Waals surface area contributed by atoms with Gasteiger partial charge in [-0.05, 0) is 27.7 Å². The number of Topliss-reactive ketones (excluding diaryl/α,β-unsaturated/α-hetero) is 4. The number of hydrogen-bond donors (Lipinski definition) is 0. The predicted molar refractivity (Wildman–Crippen MR) is 52.0 cm³/mol. The van der Waals surface area contributed by atoms with E-state index in [1.165, 1.54) is 27.7 Å². The number of carbonyl (C=O) groups is 4. The maximum Gasteiger partial charge on any atom is 2.00 e. The number of rotatable bonds is 4. The molecule has 0 aromatic rings. The summed E-state index contributed by atoms with van der Waals surface area (Å²) in [7, 11) is 0. The molecule has 0 fully saturated rings. The molecule has 0 aliphatic rings. The summed E-state index contributed by atoms with van der Waals surface area (Å²) in [4.78, 5) is 40.1. The summed E-state index contributed by atoms with van der Waals surface area (Å²) in [6, 6.07) is 0. The van der Waals surface area contributed by atoms with Gasteiger partial charge in [0, 0.05) is 0 Å². The van der Waals surface area contributed by atoms with Gasteiger partial charge < -0.3 is 0 Å². The van der Waals surface area contributed by atoms with Gasteiger partial charge in [0.05, 0.1) is 12.8 Å². The molecule has 0 N–H and O–H groups in total. The van der Waals surface area contributed by atoms with Crippen molar-refractivity contribution in [1.29, 1.82) is 0 Å². The zero-order chi connectivity index (χ0) is 11.7. The molecule has 88 valence electrons. The van der Waals surface area contributed by atoms with Crippen LogP contribution in [-0.4, -0.2) is 23.1 Å². The second-order valence-electron chi connectivity index (χ2n) is 3.16. The maximum absolute atomic E-state index is 10.0. The molecule has 15 heavy (non-hydrogen) atoms. The first-order chi connectivity index (χ1) is 6.25. The minimum atomic E-state index is -0.0625. The Bertz CT molecular complexity index is 196. The molecule has 0 atom stereocenters. The molecule has 5 heteroatoms. The standard InChI is InChI=1S/2C5H8O2.Pt/c2*1-4(6)3-5(2)7;/h2*3H2,1-2H3;/q;;+2. The minimum Gasteiger partial charge on any atom is -0.300 e. The van der Waals surface area contributed by atoms with Crippen LogP contribution in [0.1, 0.15) is 40.5 Å². The molecular weight excluding hydrogens is 379 g/mol. The van der Waals surface area contributed by atoms with E-state index in [1.54, 1.807) is 0 Å². The molecule has 0 aliphatic heterocycles. The van der Waals surface area contributed by atoms with Gasteiger partial charge >= 0.3 is 21.1 Å². The van der Waals surface area contributed by atoms with Gasteiger partial charge in [-0.25, -0.2) is 0 Å². The molecule has 0 radical (unpaired) electrons. The zero-order valence-electron chi connectivity index (χ0n) is 9.36. The molecule has 0 saturated heterocycles. The van der Waals surface area contributed by atoms with Gasteiger partial charge in [0.2, 0.25) is 0 Å². The summed E-state index contributed by atoms with van der Waals surface area (Å²) >= 11 is 0. The van der Waals surface area contributed by atoms with Crippen LogP contribution in [0, 0.1) is 0 Å². The largest absolute Gasteiger partial charge is 2.00 e. The van der Waals surface area contributed by atoms with Crippen molar-refractivity contribution in [2.24, 2.45) is 0 Å². The molecule has 0 aliphatic carbocycles. The first kappa shape index (κ1) is 19.9. The van der Waals surface area contributed by atoms with Gasteiger partial charge in [0.1, 0.15) is 23.1 Å². The number of carbonyl (C=O) groups excluding carboxylic acids is 4. The summed E-state index contributed by atoms with van der Waals surface area (Å²) in [5.74, 6) is -0.250. The van der Waals surface area contributed by atoms with Crippen LogP contribution in [0.2, 0.25) is 0 Å². The van der Waals surface area contributed by atoms with Crippen molar-refractivity contribution in [2.45, 2.75) is 40.5 Å². The third kappa shape index (κ3) is 31.8.